The van der Waals surface area contributed by atoms with Crippen molar-refractivity contribution in [1.82, 2.24) is 0 Å². The zero-order valence-corrected chi connectivity index (χ0v) is 9.59. The van der Waals surface area contributed by atoms with Crippen LogP contribution in [-0.4, -0.2) is 5.00 Å². The van der Waals surface area contributed by atoms with Crippen molar-refractivity contribution in [2.45, 2.75) is 11.4 Å². The molecule has 1 atom stereocenters. The van der Waals surface area contributed by atoms with Crippen molar-refractivity contribution >= 4 is 28.9 Å². The van der Waals surface area contributed by atoms with Gasteiger partial charge in [0, 0.05) is 17.1 Å². The van der Waals surface area contributed by atoms with Gasteiger partial charge < -0.3 is 5.32 Å². The number of allylic oxidation sites excluding steroid dienone is 2. The van der Waals surface area contributed by atoms with Crippen molar-refractivity contribution in [2.24, 2.45) is 0 Å². The summed E-state index contributed by atoms with van der Waals surface area (Å²) >= 11 is 12.3. The molecule has 0 fully saturated rings. The van der Waals surface area contributed by atoms with Gasteiger partial charge in [0.05, 0.1) is 0 Å². The third kappa shape index (κ3) is 2.77. The third-order valence-electron chi connectivity index (χ3n) is 2.19. The van der Waals surface area contributed by atoms with Crippen LogP contribution in [0.25, 0.3) is 0 Å². The maximum absolute atomic E-state index is 6.38. The van der Waals surface area contributed by atoms with E-state index in [2.05, 4.69) is 5.32 Å². The summed E-state index contributed by atoms with van der Waals surface area (Å²) in [6.07, 6.45) is 6.23. The lowest BCUT2D eigenvalue weighted by molar-refractivity contribution is 0.790. The molecule has 1 N–H and O–H groups in total. The molecule has 1 aliphatic carbocycles. The Morgan fingerprint density at radius 3 is 2.60 bits per heavy atom. The summed E-state index contributed by atoms with van der Waals surface area (Å²) in [5.41, 5.74) is 0.989. The van der Waals surface area contributed by atoms with Crippen LogP contribution in [0.3, 0.4) is 0 Å². The van der Waals surface area contributed by atoms with Gasteiger partial charge in [-0.25, -0.2) is 0 Å². The summed E-state index contributed by atoms with van der Waals surface area (Å²) in [5.74, 6) is 0. The standard InChI is InChI=1S/C12H11Cl2N/c13-10-5-4-8-12(14,9-10)15-11-6-2-1-3-7-11/h1-8,15H,9H2. The van der Waals surface area contributed by atoms with Crippen LogP contribution >= 0.6 is 23.2 Å². The van der Waals surface area contributed by atoms with Gasteiger partial charge in [0.1, 0.15) is 5.00 Å². The molecule has 0 aliphatic heterocycles. The van der Waals surface area contributed by atoms with Crippen molar-refractivity contribution < 1.29 is 0 Å². The fourth-order valence-electron chi connectivity index (χ4n) is 1.52. The number of anilines is 1. The number of nitrogens with one attached hydrogen (secondary N) is 1. The molecule has 0 bridgehead atoms. The van der Waals surface area contributed by atoms with E-state index < -0.39 is 5.00 Å². The lowest BCUT2D eigenvalue weighted by Crippen LogP contribution is -2.30. The minimum absolute atomic E-state index is 0.599. The topological polar surface area (TPSA) is 12.0 Å². The highest BCUT2D eigenvalue weighted by Gasteiger charge is 2.26. The molecule has 0 radical (unpaired) electrons. The smallest absolute Gasteiger partial charge is 0.136 e. The van der Waals surface area contributed by atoms with E-state index >= 15 is 0 Å². The van der Waals surface area contributed by atoms with Gasteiger partial charge in [-0.05, 0) is 24.3 Å². The second kappa shape index (κ2) is 4.30. The quantitative estimate of drug-likeness (QED) is 0.605. The summed E-state index contributed by atoms with van der Waals surface area (Å²) in [4.78, 5) is -0.604. The van der Waals surface area contributed by atoms with Crippen LogP contribution in [0.2, 0.25) is 0 Å². The first kappa shape index (κ1) is 10.6. The largest absolute Gasteiger partial charge is 0.363 e. The Kier molecular flexibility index (Phi) is 3.03. The zero-order valence-electron chi connectivity index (χ0n) is 8.08. The number of para-hydroxylation sites is 1. The summed E-state index contributed by atoms with van der Waals surface area (Å²) in [6.45, 7) is 0. The number of hydrogen-bond donors (Lipinski definition) is 1. The lowest BCUT2D eigenvalue weighted by Gasteiger charge is -2.27. The Hall–Kier alpha value is -0.920. The first-order valence-electron chi connectivity index (χ1n) is 4.74. The molecule has 15 heavy (non-hydrogen) atoms. The Labute approximate surface area is 99.4 Å². The van der Waals surface area contributed by atoms with Crippen molar-refractivity contribution in [3.63, 3.8) is 0 Å². The minimum Gasteiger partial charge on any atom is -0.363 e. The van der Waals surface area contributed by atoms with E-state index in [1.54, 1.807) is 0 Å². The average molecular weight is 240 g/mol. The number of alkyl halides is 1. The van der Waals surface area contributed by atoms with Crippen LogP contribution in [0.5, 0.6) is 0 Å². The molecule has 1 nitrogen and oxygen atoms in total. The predicted molar refractivity (Wildman–Crippen MR) is 66.3 cm³/mol. The second-order valence-electron chi connectivity index (χ2n) is 3.50. The van der Waals surface area contributed by atoms with Gasteiger partial charge in [-0.2, -0.15) is 0 Å². The molecule has 0 amide bonds. The summed E-state index contributed by atoms with van der Waals surface area (Å²) in [5, 5.41) is 4.00. The van der Waals surface area contributed by atoms with Crippen LogP contribution < -0.4 is 5.32 Å². The van der Waals surface area contributed by atoms with Gasteiger partial charge in [0.25, 0.3) is 0 Å². The summed E-state index contributed by atoms with van der Waals surface area (Å²) < 4.78 is 0. The van der Waals surface area contributed by atoms with Gasteiger partial charge >= 0.3 is 0 Å². The Morgan fingerprint density at radius 1 is 1.20 bits per heavy atom. The van der Waals surface area contributed by atoms with E-state index in [0.29, 0.717) is 6.42 Å². The lowest BCUT2D eigenvalue weighted by atomic mass is 10.1. The van der Waals surface area contributed by atoms with Crippen LogP contribution in [0.4, 0.5) is 5.69 Å². The highest BCUT2D eigenvalue weighted by atomic mass is 35.5. The van der Waals surface area contributed by atoms with E-state index in [0.717, 1.165) is 10.7 Å². The molecule has 1 unspecified atom stereocenters. The van der Waals surface area contributed by atoms with E-state index in [9.17, 15) is 0 Å². The maximum atomic E-state index is 6.38. The van der Waals surface area contributed by atoms with Gasteiger partial charge in [0.2, 0.25) is 0 Å². The molecule has 0 saturated heterocycles. The molecule has 0 heterocycles. The van der Waals surface area contributed by atoms with Crippen molar-refractivity contribution in [1.29, 1.82) is 0 Å². The molecule has 2 rings (SSSR count). The molecular formula is C12H11Cl2N. The molecule has 3 heteroatoms. The van der Waals surface area contributed by atoms with Crippen LogP contribution in [-0.2, 0) is 0 Å². The minimum atomic E-state index is -0.604. The van der Waals surface area contributed by atoms with Gasteiger partial charge in [-0.15, -0.1) is 0 Å². The van der Waals surface area contributed by atoms with Gasteiger partial charge in [-0.3, -0.25) is 0 Å². The van der Waals surface area contributed by atoms with E-state index in [1.807, 2.05) is 48.6 Å². The number of hydrogen-bond acceptors (Lipinski definition) is 1. The van der Waals surface area contributed by atoms with Gasteiger partial charge in [-0.1, -0.05) is 47.5 Å². The monoisotopic (exact) mass is 239 g/mol. The van der Waals surface area contributed by atoms with E-state index in [1.165, 1.54) is 0 Å². The summed E-state index contributed by atoms with van der Waals surface area (Å²) in [7, 11) is 0. The SMILES string of the molecule is ClC1=CC=CC(Cl)(Nc2ccccc2)C1. The molecule has 0 aromatic heterocycles. The van der Waals surface area contributed by atoms with Crippen molar-refractivity contribution in [3.8, 4) is 0 Å². The second-order valence-corrected chi connectivity index (χ2v) is 4.66. The van der Waals surface area contributed by atoms with E-state index in [4.69, 9.17) is 23.2 Å². The van der Waals surface area contributed by atoms with E-state index in [-0.39, 0.29) is 0 Å². The average Bonchev–Trinajstić information content (AvgIpc) is 2.18. The highest BCUT2D eigenvalue weighted by molar-refractivity contribution is 6.32. The Balaban J connectivity index is 2.13. The van der Waals surface area contributed by atoms with Crippen LogP contribution in [0.1, 0.15) is 6.42 Å². The van der Waals surface area contributed by atoms with Crippen LogP contribution in [0.15, 0.2) is 53.6 Å². The van der Waals surface area contributed by atoms with Crippen molar-refractivity contribution in [3.05, 3.63) is 53.6 Å². The first-order valence-corrected chi connectivity index (χ1v) is 5.50. The fraction of sp³-hybridized carbons (Fsp3) is 0.167. The molecule has 1 aromatic carbocycles. The summed E-state index contributed by atoms with van der Waals surface area (Å²) in [6, 6.07) is 9.85. The molecule has 0 saturated carbocycles. The molecule has 1 aliphatic rings. The van der Waals surface area contributed by atoms with Crippen molar-refractivity contribution in [2.75, 3.05) is 5.32 Å². The van der Waals surface area contributed by atoms with Crippen LogP contribution in [0, 0.1) is 0 Å². The van der Waals surface area contributed by atoms with Gasteiger partial charge in [0.15, 0.2) is 0 Å². The maximum Gasteiger partial charge on any atom is 0.136 e. The molecule has 0 spiro atoms. The Morgan fingerprint density at radius 2 is 1.93 bits per heavy atom. The molecule has 1 aromatic rings. The highest BCUT2D eigenvalue weighted by Crippen LogP contribution is 2.32. The predicted octanol–water partition coefficient (Wildman–Crippen LogP) is 4.12. The number of halogens is 2. The Bertz CT molecular complexity index is 397. The first-order chi connectivity index (χ1) is 7.18. The zero-order chi connectivity index (χ0) is 10.7. The normalized spacial score (nSPS) is 24.8. The third-order valence-corrected chi connectivity index (χ3v) is 2.80. The molecular weight excluding hydrogens is 229 g/mol. The number of benzene rings is 1. The number of rotatable bonds is 2. The molecule has 78 valence electrons. The fourth-order valence-corrected chi connectivity index (χ4v) is 2.19.